The number of ketones is 3. The van der Waals surface area contributed by atoms with Gasteiger partial charge in [0, 0.05) is 57.8 Å². The molecule has 14 atom stereocenters. The summed E-state index contributed by atoms with van der Waals surface area (Å²) >= 11 is 0. The third kappa shape index (κ3) is 14.3. The molecule has 354 valence electrons. The number of amides is 1. The normalized spacial score (nSPS) is 40.1. The molecule has 3 heterocycles. The molecule has 0 aromatic carbocycles. The molecule has 4 rings (SSSR count). The predicted molar refractivity (Wildman–Crippen MR) is 239 cm³/mol. The van der Waals surface area contributed by atoms with Crippen LogP contribution in [0.1, 0.15) is 132 Å². The third-order valence-corrected chi connectivity index (χ3v) is 14.2. The maximum Gasteiger partial charge on any atom is 0.329 e. The van der Waals surface area contributed by atoms with E-state index in [1.54, 1.807) is 41.1 Å². The van der Waals surface area contributed by atoms with Crippen LogP contribution in [0.25, 0.3) is 0 Å². The summed E-state index contributed by atoms with van der Waals surface area (Å²) in [4.78, 5) is 71.1. The fourth-order valence-electron chi connectivity index (χ4n) is 9.78. The van der Waals surface area contributed by atoms with E-state index in [9.17, 15) is 39.3 Å². The Morgan fingerprint density at radius 3 is 2.27 bits per heavy atom. The summed E-state index contributed by atoms with van der Waals surface area (Å²) in [5, 5.41) is 33.5. The number of allylic oxidation sites excluding steroid dienone is 6. The molecule has 3 N–H and O–H groups in total. The lowest BCUT2D eigenvalue weighted by atomic mass is 9.78. The largest absolute Gasteiger partial charge is 0.460 e. The summed E-state index contributed by atoms with van der Waals surface area (Å²) in [6, 6.07) is -1.12. The number of piperidine rings is 1. The molecule has 1 saturated carbocycles. The van der Waals surface area contributed by atoms with Crippen molar-refractivity contribution in [2.45, 2.75) is 180 Å². The van der Waals surface area contributed by atoms with Crippen molar-refractivity contribution < 1.29 is 58.2 Å². The molecule has 1 aliphatic carbocycles. The highest BCUT2D eigenvalue weighted by Gasteiger charge is 2.53. The number of carbonyl (C=O) groups excluding carboxylic acids is 5. The van der Waals surface area contributed by atoms with Crippen LogP contribution in [0.15, 0.2) is 47.6 Å². The zero-order valence-corrected chi connectivity index (χ0v) is 39.3. The smallest absolute Gasteiger partial charge is 0.329 e. The number of esters is 1. The van der Waals surface area contributed by atoms with E-state index in [0.29, 0.717) is 63.4 Å². The van der Waals surface area contributed by atoms with Gasteiger partial charge in [-0.05, 0) is 107 Å². The van der Waals surface area contributed by atoms with Crippen LogP contribution in [-0.4, -0.2) is 119 Å². The van der Waals surface area contributed by atoms with Gasteiger partial charge in [0.1, 0.15) is 23.7 Å². The lowest BCUT2D eigenvalue weighted by Crippen LogP contribution is -2.61. The molecule has 0 aromatic heterocycles. The second-order valence-electron chi connectivity index (χ2n) is 19.3. The first-order valence-electron chi connectivity index (χ1n) is 23.4. The van der Waals surface area contributed by atoms with Gasteiger partial charge in [0.15, 0.2) is 0 Å². The Balaban J connectivity index is 1.67. The molecule has 3 fully saturated rings. The first kappa shape index (κ1) is 52.3. The van der Waals surface area contributed by atoms with Crippen LogP contribution < -0.4 is 0 Å². The second-order valence-corrected chi connectivity index (χ2v) is 19.3. The summed E-state index contributed by atoms with van der Waals surface area (Å²) < 4.78 is 23.8. The summed E-state index contributed by atoms with van der Waals surface area (Å²) in [6.07, 6.45) is 13.0. The summed E-state index contributed by atoms with van der Waals surface area (Å²) in [5.74, 6) is -7.36. The molecule has 2 saturated heterocycles. The van der Waals surface area contributed by atoms with E-state index in [0.717, 1.165) is 12.0 Å². The molecular weight excluding hydrogens is 807 g/mol. The molecule has 1 amide bonds. The van der Waals surface area contributed by atoms with Gasteiger partial charge in [0.05, 0.1) is 30.5 Å². The predicted octanol–water partition coefficient (Wildman–Crippen LogP) is 6.56. The number of aliphatic hydroxyl groups excluding tert-OH is 2. The minimum atomic E-state index is -2.42. The van der Waals surface area contributed by atoms with Gasteiger partial charge in [-0.3, -0.25) is 19.2 Å². The lowest BCUT2D eigenvalue weighted by molar-refractivity contribution is -0.265. The molecule has 3 aliphatic heterocycles. The Bertz CT molecular complexity index is 1700. The summed E-state index contributed by atoms with van der Waals surface area (Å²) in [5.41, 5.74) is 1.39. The van der Waals surface area contributed by atoms with Crippen LogP contribution in [-0.2, 0) is 42.9 Å². The molecule has 2 bridgehead atoms. The average Bonchev–Trinajstić information content (AvgIpc) is 3.25. The maximum absolute atomic E-state index is 14.3. The minimum absolute atomic E-state index is 0.0725. The number of cyclic esters (lactones) is 1. The number of hydrogen-bond donors (Lipinski definition) is 3. The van der Waals surface area contributed by atoms with Gasteiger partial charge in [-0.1, -0.05) is 71.1 Å². The van der Waals surface area contributed by atoms with Gasteiger partial charge in [-0.2, -0.15) is 0 Å². The van der Waals surface area contributed by atoms with Crippen LogP contribution in [0, 0.1) is 35.5 Å². The van der Waals surface area contributed by atoms with Gasteiger partial charge in [0.25, 0.3) is 11.7 Å². The molecule has 0 radical (unpaired) electrons. The zero-order chi connectivity index (χ0) is 46.6. The molecule has 63 heavy (non-hydrogen) atoms. The van der Waals surface area contributed by atoms with Crippen molar-refractivity contribution in [3.63, 3.8) is 0 Å². The monoisotopic (exact) mass is 884 g/mol. The van der Waals surface area contributed by atoms with E-state index in [1.807, 2.05) is 58.1 Å². The standard InChI is InChI=1S/C50H77NO12/c1-30-15-11-10-12-16-31(2)44(60-8)27-38-20-18-36(7)50(59,63-38)47(56)48(57)51-22-14-13-17-39(51)49(58)62-45(35(6)25-37-19-21-40(52)46(26-37)61-9)29-43(55)34(5)24-33(4)42(54)28-41(53)32(3)23-30/h10-12,15-16,24,30,32,34-40,42,44-46,52,54,59H,13-14,17-23,25-29H2,1-9H3/b12-10+,15-11+,31-16+,33-24+/t30-,32?,34-,35-,36?,37+,38+,39?,40?,42?,44+,45+,46-,50?/m1/s1. The molecule has 13 heteroatoms. The van der Waals surface area contributed by atoms with E-state index in [4.69, 9.17) is 18.9 Å². The molecule has 0 spiro atoms. The Hall–Kier alpha value is -3.33. The van der Waals surface area contributed by atoms with Gasteiger partial charge >= 0.3 is 5.97 Å². The number of ether oxygens (including phenoxy) is 4. The van der Waals surface area contributed by atoms with Gasteiger partial charge < -0.3 is 39.2 Å². The van der Waals surface area contributed by atoms with Crippen molar-refractivity contribution in [3.8, 4) is 0 Å². The van der Waals surface area contributed by atoms with E-state index in [-0.39, 0.29) is 67.1 Å². The van der Waals surface area contributed by atoms with Crippen molar-refractivity contribution in [1.82, 2.24) is 4.90 Å². The maximum atomic E-state index is 14.3. The number of methoxy groups -OCH3 is 2. The number of Topliss-reactive ketones (excluding diaryl/α,β-unsaturated/α-hetero) is 3. The Morgan fingerprint density at radius 2 is 1.57 bits per heavy atom. The van der Waals surface area contributed by atoms with Crippen molar-refractivity contribution in [1.29, 1.82) is 0 Å². The topological polar surface area (TPSA) is 186 Å². The Kier molecular flexibility index (Phi) is 20.1. The zero-order valence-electron chi connectivity index (χ0n) is 39.3. The van der Waals surface area contributed by atoms with E-state index < -0.39 is 71.8 Å². The van der Waals surface area contributed by atoms with Crippen molar-refractivity contribution in [2.24, 2.45) is 35.5 Å². The first-order valence-corrected chi connectivity index (χ1v) is 23.4. The van der Waals surface area contributed by atoms with Gasteiger partial charge in [-0.15, -0.1) is 0 Å². The fraction of sp³-hybridized carbons (Fsp3) is 0.740. The molecule has 13 nitrogen and oxygen atoms in total. The number of aliphatic hydroxyl groups is 3. The first-order chi connectivity index (χ1) is 29.8. The number of fused-ring (bicyclic) bond motifs is 3. The Morgan fingerprint density at radius 1 is 0.841 bits per heavy atom. The van der Waals surface area contributed by atoms with E-state index in [1.165, 1.54) is 4.90 Å². The highest BCUT2D eigenvalue weighted by atomic mass is 16.6. The van der Waals surface area contributed by atoms with Gasteiger partial charge in [0.2, 0.25) is 5.79 Å². The van der Waals surface area contributed by atoms with Crippen LogP contribution in [0.2, 0.25) is 0 Å². The van der Waals surface area contributed by atoms with E-state index >= 15 is 0 Å². The quantitative estimate of drug-likeness (QED) is 0.154. The van der Waals surface area contributed by atoms with Crippen LogP contribution in [0.3, 0.4) is 0 Å². The number of hydrogen-bond acceptors (Lipinski definition) is 12. The van der Waals surface area contributed by atoms with Crippen LogP contribution in [0.4, 0.5) is 0 Å². The molecule has 4 aliphatic rings. The SMILES string of the molecule is CO[C@H]1C[C@@H]2CCC(C)C(O)(O2)C(=O)C(=O)N2CCCCC2C(=O)O[C@H]([C@H](C)C[C@@H]2CCC(O)[C@H](OC)C2)CC(=O)[C@H](C)/C=C(\C)C(O)CC(=O)C(C)C[C@H](C)/C=C/C=C/C=C/1C. The van der Waals surface area contributed by atoms with Crippen LogP contribution in [0.5, 0.6) is 0 Å². The number of carbonyl (C=O) groups is 5. The molecule has 6 unspecified atom stereocenters. The number of nitrogens with zero attached hydrogens (tertiary/aromatic N) is 1. The summed E-state index contributed by atoms with van der Waals surface area (Å²) in [7, 11) is 3.15. The second kappa shape index (κ2) is 24.3. The van der Waals surface area contributed by atoms with Crippen LogP contribution >= 0.6 is 0 Å². The molecular formula is C50H77NO12. The minimum Gasteiger partial charge on any atom is -0.460 e. The van der Waals surface area contributed by atoms with Crippen molar-refractivity contribution in [3.05, 3.63) is 47.6 Å². The molecule has 0 aromatic rings. The fourth-order valence-corrected chi connectivity index (χ4v) is 9.78. The highest BCUT2D eigenvalue weighted by Crippen LogP contribution is 2.37. The Labute approximate surface area is 375 Å². The van der Waals surface area contributed by atoms with Crippen molar-refractivity contribution in [2.75, 3.05) is 20.8 Å². The average molecular weight is 884 g/mol. The lowest BCUT2D eigenvalue weighted by Gasteiger charge is -2.42. The summed E-state index contributed by atoms with van der Waals surface area (Å²) in [6.45, 7) is 12.9. The number of rotatable bonds is 5. The van der Waals surface area contributed by atoms with Gasteiger partial charge in [-0.25, -0.2) is 4.79 Å². The van der Waals surface area contributed by atoms with E-state index in [2.05, 4.69) is 0 Å². The highest BCUT2D eigenvalue weighted by molar-refractivity contribution is 6.39. The van der Waals surface area contributed by atoms with Crippen molar-refractivity contribution >= 4 is 29.2 Å². The third-order valence-electron chi connectivity index (χ3n) is 14.2.